The number of nitrogens with zero attached hydrogens (tertiary/aromatic N) is 3. The molecule has 4 amide bonds. The third kappa shape index (κ3) is 2.59. The van der Waals surface area contributed by atoms with Gasteiger partial charge in [0.25, 0.3) is 5.91 Å². The van der Waals surface area contributed by atoms with Gasteiger partial charge >= 0.3 is 6.03 Å². The lowest BCUT2D eigenvalue weighted by Gasteiger charge is -2.35. The number of hydrogen-bond acceptors (Lipinski definition) is 4. The third-order valence-electron chi connectivity index (χ3n) is 6.09. The Labute approximate surface area is 143 Å². The first-order chi connectivity index (χ1) is 11.4. The molecule has 0 bridgehead atoms. The van der Waals surface area contributed by atoms with Gasteiger partial charge in [0.15, 0.2) is 0 Å². The number of nitrogens with two attached hydrogens (primary N) is 1. The van der Waals surface area contributed by atoms with Crippen LogP contribution in [0.25, 0.3) is 0 Å². The second-order valence-electron chi connectivity index (χ2n) is 7.56. The van der Waals surface area contributed by atoms with Gasteiger partial charge in [0, 0.05) is 19.6 Å². The molecule has 2 unspecified atom stereocenters. The van der Waals surface area contributed by atoms with Crippen LogP contribution in [0.2, 0.25) is 0 Å². The van der Waals surface area contributed by atoms with Gasteiger partial charge in [0.05, 0.1) is 0 Å². The van der Waals surface area contributed by atoms with E-state index in [-0.39, 0.29) is 30.4 Å². The molecule has 2 atom stereocenters. The monoisotopic (exact) mass is 336 g/mol. The molecular weight excluding hydrogens is 308 g/mol. The lowest BCUT2D eigenvalue weighted by atomic mass is 9.81. The molecule has 1 aliphatic carbocycles. The van der Waals surface area contributed by atoms with Crippen LogP contribution >= 0.6 is 0 Å². The van der Waals surface area contributed by atoms with Crippen molar-refractivity contribution in [2.24, 2.45) is 11.7 Å². The number of likely N-dealkylation sites (N-methyl/N-ethyl adjacent to an activating group) is 1. The zero-order valence-electron chi connectivity index (χ0n) is 14.7. The Morgan fingerprint density at radius 1 is 1.25 bits per heavy atom. The van der Waals surface area contributed by atoms with Gasteiger partial charge < -0.3 is 15.5 Å². The van der Waals surface area contributed by atoms with Gasteiger partial charge in [0.2, 0.25) is 5.91 Å². The highest BCUT2D eigenvalue weighted by Crippen LogP contribution is 2.39. The molecular formula is C17H28N4O3. The summed E-state index contributed by atoms with van der Waals surface area (Å²) in [5.74, 6) is -0.0343. The zero-order valence-corrected chi connectivity index (χ0v) is 14.7. The van der Waals surface area contributed by atoms with Crippen LogP contribution in [0.4, 0.5) is 4.79 Å². The molecule has 2 saturated heterocycles. The van der Waals surface area contributed by atoms with Crippen LogP contribution in [-0.4, -0.2) is 70.8 Å². The second kappa shape index (κ2) is 6.35. The lowest BCUT2D eigenvalue weighted by Crippen LogP contribution is -2.50. The van der Waals surface area contributed by atoms with Crippen molar-refractivity contribution >= 4 is 17.8 Å². The van der Waals surface area contributed by atoms with Gasteiger partial charge in [0.1, 0.15) is 12.1 Å². The molecule has 134 valence electrons. The average molecular weight is 336 g/mol. The Morgan fingerprint density at radius 2 is 1.92 bits per heavy atom. The summed E-state index contributed by atoms with van der Waals surface area (Å²) < 4.78 is 0. The van der Waals surface area contributed by atoms with Crippen molar-refractivity contribution < 1.29 is 14.4 Å². The smallest absolute Gasteiger partial charge is 0.327 e. The molecule has 2 N–H and O–H groups in total. The highest BCUT2D eigenvalue weighted by Gasteiger charge is 2.56. The van der Waals surface area contributed by atoms with Crippen molar-refractivity contribution in [2.75, 3.05) is 26.7 Å². The normalized spacial score (nSPS) is 29.9. The first kappa shape index (κ1) is 17.2. The summed E-state index contributed by atoms with van der Waals surface area (Å²) in [5, 5.41) is 0. The minimum absolute atomic E-state index is 0.111. The van der Waals surface area contributed by atoms with Crippen molar-refractivity contribution in [2.45, 2.75) is 57.0 Å². The molecule has 7 nitrogen and oxygen atoms in total. The fourth-order valence-electron chi connectivity index (χ4n) is 4.56. The minimum atomic E-state index is -0.716. The van der Waals surface area contributed by atoms with Crippen molar-refractivity contribution in [1.29, 1.82) is 0 Å². The third-order valence-corrected chi connectivity index (χ3v) is 6.09. The fourth-order valence-corrected chi connectivity index (χ4v) is 4.56. The summed E-state index contributed by atoms with van der Waals surface area (Å²) in [4.78, 5) is 42.7. The van der Waals surface area contributed by atoms with E-state index in [1.807, 2.05) is 6.92 Å². The maximum absolute atomic E-state index is 12.9. The van der Waals surface area contributed by atoms with Crippen molar-refractivity contribution in [3.8, 4) is 0 Å². The highest BCUT2D eigenvalue weighted by atomic mass is 16.2. The van der Waals surface area contributed by atoms with Crippen LogP contribution in [0.5, 0.6) is 0 Å². The molecule has 3 aliphatic rings. The molecule has 24 heavy (non-hydrogen) atoms. The minimum Gasteiger partial charge on any atom is -0.338 e. The number of imide groups is 1. The maximum Gasteiger partial charge on any atom is 0.327 e. The number of carbonyl (C=O) groups is 3. The van der Waals surface area contributed by atoms with Gasteiger partial charge in [-0.2, -0.15) is 0 Å². The Hall–Kier alpha value is -1.63. The van der Waals surface area contributed by atoms with Gasteiger partial charge in [-0.25, -0.2) is 4.79 Å². The molecule has 3 fully saturated rings. The van der Waals surface area contributed by atoms with Crippen LogP contribution in [0.1, 0.15) is 45.4 Å². The van der Waals surface area contributed by atoms with Crippen molar-refractivity contribution in [3.05, 3.63) is 0 Å². The van der Waals surface area contributed by atoms with E-state index in [1.54, 1.807) is 16.8 Å². The number of likely N-dealkylation sites (tertiary alicyclic amines) is 1. The van der Waals surface area contributed by atoms with E-state index in [2.05, 4.69) is 0 Å². The number of rotatable bonds is 3. The molecule has 1 spiro atoms. The summed E-state index contributed by atoms with van der Waals surface area (Å²) in [5.41, 5.74) is 5.00. The molecule has 7 heteroatoms. The summed E-state index contributed by atoms with van der Waals surface area (Å²) in [6.45, 7) is 3.02. The van der Waals surface area contributed by atoms with Crippen molar-refractivity contribution in [3.63, 3.8) is 0 Å². The van der Waals surface area contributed by atoms with Gasteiger partial charge in [-0.3, -0.25) is 14.5 Å². The zero-order chi connectivity index (χ0) is 17.5. The van der Waals surface area contributed by atoms with Crippen LogP contribution in [0.3, 0.4) is 0 Å². The summed E-state index contributed by atoms with van der Waals surface area (Å²) in [7, 11) is 1.69. The predicted octanol–water partition coefficient (Wildman–Crippen LogP) is 0.779. The van der Waals surface area contributed by atoms with Gasteiger partial charge in [-0.05, 0) is 38.6 Å². The second-order valence-corrected chi connectivity index (χ2v) is 7.56. The molecule has 2 heterocycles. The Bertz CT molecular complexity index is 544. The SMILES string of the molecule is CC1CC(CN)CN1C(=O)CN1C(=O)N(C)C2(CCCCC2)C1=O. The first-order valence-electron chi connectivity index (χ1n) is 9.00. The van der Waals surface area contributed by atoms with Crippen LogP contribution in [0.15, 0.2) is 0 Å². The van der Waals surface area contributed by atoms with E-state index in [0.29, 0.717) is 31.8 Å². The Balaban J connectivity index is 1.72. The number of hydrogen-bond donors (Lipinski definition) is 1. The summed E-state index contributed by atoms with van der Waals surface area (Å²) >= 11 is 0. The molecule has 3 rings (SSSR count). The summed E-state index contributed by atoms with van der Waals surface area (Å²) in [6.07, 6.45) is 5.29. The van der Waals surface area contributed by atoms with E-state index < -0.39 is 5.54 Å². The van der Waals surface area contributed by atoms with Crippen LogP contribution < -0.4 is 5.73 Å². The average Bonchev–Trinajstić information content (AvgIpc) is 3.05. The predicted molar refractivity (Wildman–Crippen MR) is 89.0 cm³/mol. The lowest BCUT2D eigenvalue weighted by molar-refractivity contribution is -0.140. The van der Waals surface area contributed by atoms with Gasteiger partial charge in [-0.15, -0.1) is 0 Å². The fraction of sp³-hybridized carbons (Fsp3) is 0.824. The van der Waals surface area contributed by atoms with Crippen molar-refractivity contribution in [1.82, 2.24) is 14.7 Å². The first-order valence-corrected chi connectivity index (χ1v) is 9.00. The number of carbonyl (C=O) groups excluding carboxylic acids is 3. The van der Waals surface area contributed by atoms with E-state index in [0.717, 1.165) is 30.6 Å². The Kier molecular flexibility index (Phi) is 4.55. The molecule has 0 radical (unpaired) electrons. The maximum atomic E-state index is 12.9. The largest absolute Gasteiger partial charge is 0.338 e. The standard InChI is InChI=1S/C17H28N4O3/c1-12-8-13(9-18)10-20(12)14(22)11-21-15(23)17(19(2)16(21)24)6-4-3-5-7-17/h12-13H,3-11,18H2,1-2H3. The molecule has 0 aromatic rings. The highest BCUT2D eigenvalue weighted by molar-refractivity contribution is 6.09. The molecule has 2 aliphatic heterocycles. The van der Waals surface area contributed by atoms with Gasteiger partial charge in [-0.1, -0.05) is 19.3 Å². The summed E-state index contributed by atoms with van der Waals surface area (Å²) in [6, 6.07) is -0.224. The number of amides is 4. The molecule has 1 saturated carbocycles. The molecule has 0 aromatic carbocycles. The van der Waals surface area contributed by atoms with Crippen LogP contribution in [0, 0.1) is 5.92 Å². The topological polar surface area (TPSA) is 86.9 Å². The van der Waals surface area contributed by atoms with E-state index >= 15 is 0 Å². The molecule has 0 aromatic heterocycles. The van der Waals surface area contributed by atoms with Crippen LogP contribution in [-0.2, 0) is 9.59 Å². The number of urea groups is 1. The Morgan fingerprint density at radius 3 is 2.50 bits per heavy atom. The van der Waals surface area contributed by atoms with E-state index in [9.17, 15) is 14.4 Å². The van der Waals surface area contributed by atoms with E-state index in [1.165, 1.54) is 0 Å². The quantitative estimate of drug-likeness (QED) is 0.772. The van der Waals surface area contributed by atoms with E-state index in [4.69, 9.17) is 5.73 Å².